The number of imidazole rings is 1. The molecular weight excluding hydrogens is 456 g/mol. The van der Waals surface area contributed by atoms with E-state index in [0.717, 1.165) is 61.7 Å². The topological polar surface area (TPSA) is 95.6 Å². The van der Waals surface area contributed by atoms with Crippen LogP contribution in [0.15, 0.2) is 36.8 Å². The van der Waals surface area contributed by atoms with E-state index >= 15 is 0 Å². The maximum Gasteiger partial charge on any atom is 0.220 e. The second kappa shape index (κ2) is 10.1. The number of benzene rings is 1. The summed E-state index contributed by atoms with van der Waals surface area (Å²) in [5.41, 5.74) is 4.75. The van der Waals surface area contributed by atoms with Crippen LogP contribution in [0.25, 0.3) is 22.3 Å². The van der Waals surface area contributed by atoms with Crippen LogP contribution in [-0.4, -0.2) is 83.8 Å². The molecule has 0 unspecified atom stereocenters. The van der Waals surface area contributed by atoms with E-state index in [-0.39, 0.29) is 17.9 Å². The standard InChI is InChI=1S/C27H34N6O3/c1-18(20-14-26(34)29-15-20)36-25-13-19(12-24-27(25)31-17-30-24)23-3-2-22(16-28-23)32-6-4-21(5-7-32)33-8-10-35-11-9-33/h2-3,12-13,16-18,20-21H,4-11,14-15H2,1H3,(H,29,34)(H,30,31)/t18-,20-/m1/s1. The molecule has 2 aromatic heterocycles. The molecule has 2 atom stereocenters. The van der Waals surface area contributed by atoms with Crippen LogP contribution in [0.1, 0.15) is 26.2 Å². The Balaban J connectivity index is 1.15. The van der Waals surface area contributed by atoms with E-state index in [1.165, 1.54) is 18.5 Å². The summed E-state index contributed by atoms with van der Waals surface area (Å²) in [6.45, 7) is 8.61. The lowest BCUT2D eigenvalue weighted by Crippen LogP contribution is -2.49. The largest absolute Gasteiger partial charge is 0.488 e. The number of nitrogens with zero attached hydrogens (tertiary/aromatic N) is 4. The number of pyridine rings is 1. The van der Waals surface area contributed by atoms with Gasteiger partial charge in [-0.1, -0.05) is 0 Å². The normalized spacial score (nSPS) is 22.6. The Morgan fingerprint density at radius 1 is 1.11 bits per heavy atom. The van der Waals surface area contributed by atoms with Gasteiger partial charge in [-0.05, 0) is 44.0 Å². The minimum atomic E-state index is -0.102. The molecule has 0 radical (unpaired) electrons. The average molecular weight is 491 g/mol. The van der Waals surface area contributed by atoms with Crippen molar-refractivity contribution in [2.24, 2.45) is 5.92 Å². The summed E-state index contributed by atoms with van der Waals surface area (Å²) >= 11 is 0. The van der Waals surface area contributed by atoms with Crippen LogP contribution < -0.4 is 15.0 Å². The first kappa shape index (κ1) is 23.2. The zero-order chi connectivity index (χ0) is 24.5. The number of aromatic nitrogens is 3. The number of hydrogen-bond acceptors (Lipinski definition) is 7. The van der Waals surface area contributed by atoms with Crippen LogP contribution >= 0.6 is 0 Å². The molecule has 0 aliphatic carbocycles. The van der Waals surface area contributed by atoms with E-state index < -0.39 is 0 Å². The molecule has 3 aliphatic heterocycles. The summed E-state index contributed by atoms with van der Waals surface area (Å²) in [6, 6.07) is 9.01. The molecule has 0 saturated carbocycles. The van der Waals surface area contributed by atoms with Gasteiger partial charge in [-0.3, -0.25) is 14.7 Å². The van der Waals surface area contributed by atoms with Crippen molar-refractivity contribution in [3.8, 4) is 17.0 Å². The monoisotopic (exact) mass is 490 g/mol. The summed E-state index contributed by atoms with van der Waals surface area (Å²) in [6.07, 6.45) is 6.43. The highest BCUT2D eigenvalue weighted by atomic mass is 16.5. The second-order valence-corrected chi connectivity index (χ2v) is 10.1. The number of amides is 1. The maximum atomic E-state index is 11.6. The summed E-state index contributed by atoms with van der Waals surface area (Å²) in [5, 5.41) is 2.89. The average Bonchev–Trinajstić information content (AvgIpc) is 3.59. The highest BCUT2D eigenvalue weighted by molar-refractivity contribution is 5.87. The minimum absolute atomic E-state index is 0.0868. The lowest BCUT2D eigenvalue weighted by molar-refractivity contribution is -0.119. The molecule has 2 N–H and O–H groups in total. The Morgan fingerprint density at radius 3 is 2.67 bits per heavy atom. The van der Waals surface area contributed by atoms with E-state index in [9.17, 15) is 4.79 Å². The fourth-order valence-corrected chi connectivity index (χ4v) is 5.69. The van der Waals surface area contributed by atoms with E-state index in [4.69, 9.17) is 14.5 Å². The summed E-state index contributed by atoms with van der Waals surface area (Å²) < 4.78 is 11.8. The highest BCUT2D eigenvalue weighted by Gasteiger charge is 2.29. The Kier molecular flexibility index (Phi) is 6.50. The zero-order valence-corrected chi connectivity index (χ0v) is 20.8. The van der Waals surface area contributed by atoms with E-state index in [1.54, 1.807) is 6.33 Å². The van der Waals surface area contributed by atoms with E-state index in [2.05, 4.69) is 43.3 Å². The molecule has 0 spiro atoms. The number of rotatable bonds is 6. The third kappa shape index (κ3) is 4.77. The molecule has 190 valence electrons. The summed E-state index contributed by atoms with van der Waals surface area (Å²) in [4.78, 5) is 29.2. The van der Waals surface area contributed by atoms with E-state index in [1.807, 2.05) is 19.2 Å². The van der Waals surface area contributed by atoms with Crippen molar-refractivity contribution in [1.82, 2.24) is 25.2 Å². The predicted molar refractivity (Wildman–Crippen MR) is 138 cm³/mol. The first-order valence-corrected chi connectivity index (χ1v) is 13.1. The SMILES string of the molecule is C[C@@H](Oc1cc(-c2ccc(N3CCC(N4CCOCC4)CC3)cn2)cc2[nH]cnc12)[C@H]1CNC(=O)C1. The maximum absolute atomic E-state index is 11.6. The van der Waals surface area contributed by atoms with Crippen molar-refractivity contribution >= 4 is 22.6 Å². The first-order valence-electron chi connectivity index (χ1n) is 13.1. The van der Waals surface area contributed by atoms with E-state index in [0.29, 0.717) is 24.8 Å². The number of carbonyl (C=O) groups is 1. The fourth-order valence-electron chi connectivity index (χ4n) is 5.69. The van der Waals surface area contributed by atoms with Crippen molar-refractivity contribution in [2.75, 3.05) is 50.8 Å². The first-order chi connectivity index (χ1) is 17.6. The Labute approximate surface area is 211 Å². The Morgan fingerprint density at radius 2 is 1.94 bits per heavy atom. The van der Waals surface area contributed by atoms with Gasteiger partial charge in [0, 0.05) is 56.7 Å². The molecule has 0 bridgehead atoms. The third-order valence-corrected chi connectivity index (χ3v) is 7.91. The van der Waals surface area contributed by atoms with Gasteiger partial charge in [0.15, 0.2) is 0 Å². The molecule has 36 heavy (non-hydrogen) atoms. The van der Waals surface area contributed by atoms with Crippen LogP contribution in [-0.2, 0) is 9.53 Å². The number of ether oxygens (including phenoxy) is 2. The number of carbonyl (C=O) groups excluding carboxylic acids is 1. The third-order valence-electron chi connectivity index (χ3n) is 7.91. The molecule has 1 amide bonds. The van der Waals surface area contributed by atoms with Gasteiger partial charge >= 0.3 is 0 Å². The highest BCUT2D eigenvalue weighted by Crippen LogP contribution is 2.33. The number of morpholine rings is 1. The molecule has 9 heteroatoms. The lowest BCUT2D eigenvalue weighted by Gasteiger charge is -2.40. The lowest BCUT2D eigenvalue weighted by atomic mass is 10.0. The quantitative estimate of drug-likeness (QED) is 0.549. The summed E-state index contributed by atoms with van der Waals surface area (Å²) in [5.74, 6) is 0.954. The number of H-pyrrole nitrogens is 1. The number of piperidine rings is 1. The number of nitrogens with one attached hydrogen (secondary N) is 2. The van der Waals surface area contributed by atoms with Crippen molar-refractivity contribution < 1.29 is 14.3 Å². The molecule has 3 saturated heterocycles. The summed E-state index contributed by atoms with van der Waals surface area (Å²) in [7, 11) is 0. The van der Waals surface area contributed by atoms with Crippen molar-refractivity contribution in [3.63, 3.8) is 0 Å². The van der Waals surface area contributed by atoms with Crippen molar-refractivity contribution in [2.45, 2.75) is 38.3 Å². The van der Waals surface area contributed by atoms with Gasteiger partial charge in [0.2, 0.25) is 5.91 Å². The molecule has 9 nitrogen and oxygen atoms in total. The van der Waals surface area contributed by atoms with Crippen LogP contribution in [0.5, 0.6) is 5.75 Å². The minimum Gasteiger partial charge on any atom is -0.488 e. The molecule has 1 aromatic carbocycles. The molecule has 3 aromatic rings. The van der Waals surface area contributed by atoms with Crippen LogP contribution in [0.4, 0.5) is 5.69 Å². The number of fused-ring (bicyclic) bond motifs is 1. The van der Waals surface area contributed by atoms with Gasteiger partial charge in [0.05, 0.1) is 42.6 Å². The molecular formula is C27H34N6O3. The van der Waals surface area contributed by atoms with Gasteiger partial charge in [0.1, 0.15) is 17.4 Å². The Bertz CT molecular complexity index is 1200. The zero-order valence-electron chi connectivity index (χ0n) is 20.8. The molecule has 3 fully saturated rings. The van der Waals surface area contributed by atoms with Gasteiger partial charge in [0.25, 0.3) is 0 Å². The van der Waals surface area contributed by atoms with Crippen molar-refractivity contribution in [3.05, 3.63) is 36.8 Å². The van der Waals surface area contributed by atoms with Crippen molar-refractivity contribution in [1.29, 1.82) is 0 Å². The number of aromatic amines is 1. The molecule has 6 rings (SSSR count). The number of hydrogen-bond donors (Lipinski definition) is 2. The smallest absolute Gasteiger partial charge is 0.220 e. The van der Waals surface area contributed by atoms with Gasteiger partial charge in [-0.15, -0.1) is 0 Å². The molecule has 5 heterocycles. The predicted octanol–water partition coefficient (Wildman–Crippen LogP) is 2.83. The van der Waals surface area contributed by atoms with Crippen LogP contribution in [0.2, 0.25) is 0 Å². The Hall–Kier alpha value is -3.17. The molecule has 3 aliphatic rings. The van der Waals surface area contributed by atoms with Gasteiger partial charge in [-0.25, -0.2) is 4.98 Å². The second-order valence-electron chi connectivity index (χ2n) is 10.1. The van der Waals surface area contributed by atoms with Crippen LogP contribution in [0, 0.1) is 5.92 Å². The number of anilines is 1. The van der Waals surface area contributed by atoms with Gasteiger partial charge in [-0.2, -0.15) is 0 Å². The van der Waals surface area contributed by atoms with Gasteiger partial charge < -0.3 is 24.7 Å². The van der Waals surface area contributed by atoms with Crippen LogP contribution in [0.3, 0.4) is 0 Å². The fraction of sp³-hybridized carbons (Fsp3) is 0.519.